The minimum absolute atomic E-state index is 0.594. The number of nitrogens with zero attached hydrogens (tertiary/aromatic N) is 2. The molecule has 0 radical (unpaired) electrons. The van der Waals surface area contributed by atoms with Gasteiger partial charge in [0.25, 0.3) is 0 Å². The highest BCUT2D eigenvalue weighted by Gasteiger charge is 2.10. The monoisotopic (exact) mass is 308 g/mol. The highest BCUT2D eigenvalue weighted by Crippen LogP contribution is 2.18. The van der Waals surface area contributed by atoms with Gasteiger partial charge in [0, 0.05) is 25.5 Å². The van der Waals surface area contributed by atoms with Crippen LogP contribution in [0.2, 0.25) is 0 Å². The van der Waals surface area contributed by atoms with E-state index in [2.05, 4.69) is 43.5 Å². The number of hydrogen-bond acceptors (Lipinski definition) is 2. The zero-order valence-electron chi connectivity index (χ0n) is 13.2. The molecule has 0 N–H and O–H groups in total. The molecule has 0 amide bonds. The summed E-state index contributed by atoms with van der Waals surface area (Å²) in [7, 11) is 0. The van der Waals surface area contributed by atoms with Crippen molar-refractivity contribution < 1.29 is 4.74 Å². The average molecular weight is 309 g/mol. The van der Waals surface area contributed by atoms with Crippen LogP contribution >= 0.6 is 11.6 Å². The van der Waals surface area contributed by atoms with E-state index in [1.807, 2.05) is 0 Å². The van der Waals surface area contributed by atoms with Gasteiger partial charge in [-0.2, -0.15) is 0 Å². The Labute approximate surface area is 132 Å². The van der Waals surface area contributed by atoms with E-state index in [0.717, 1.165) is 43.9 Å². The van der Waals surface area contributed by atoms with Crippen molar-refractivity contribution in [1.29, 1.82) is 0 Å². The molecule has 0 spiro atoms. The Balaban J connectivity index is 2.08. The normalized spacial score (nSPS) is 11.7. The van der Waals surface area contributed by atoms with E-state index in [9.17, 15) is 0 Å². The molecule has 0 aliphatic carbocycles. The number of fused-ring (bicyclic) bond motifs is 1. The molecule has 21 heavy (non-hydrogen) atoms. The lowest BCUT2D eigenvalue weighted by Crippen LogP contribution is -2.11. The van der Waals surface area contributed by atoms with Gasteiger partial charge in [0.15, 0.2) is 0 Å². The quantitative estimate of drug-likeness (QED) is 0.540. The molecular weight excluding hydrogens is 284 g/mol. The Morgan fingerprint density at radius 1 is 1.29 bits per heavy atom. The lowest BCUT2D eigenvalue weighted by atomic mass is 10.1. The van der Waals surface area contributed by atoms with E-state index in [1.54, 1.807) is 0 Å². The van der Waals surface area contributed by atoms with Gasteiger partial charge in [-0.15, -0.1) is 11.6 Å². The molecule has 0 unspecified atom stereocenters. The van der Waals surface area contributed by atoms with Gasteiger partial charge in [-0.05, 0) is 37.0 Å². The summed E-state index contributed by atoms with van der Waals surface area (Å²) >= 11 is 5.90. The maximum Gasteiger partial charge on any atom is 0.111 e. The number of imidazole rings is 1. The minimum atomic E-state index is 0.594. The predicted octanol–water partition coefficient (Wildman–Crippen LogP) is 4.19. The van der Waals surface area contributed by atoms with Gasteiger partial charge in [0.1, 0.15) is 5.82 Å². The molecule has 0 saturated heterocycles. The lowest BCUT2D eigenvalue weighted by Gasteiger charge is -2.10. The number of halogens is 1. The van der Waals surface area contributed by atoms with E-state index in [-0.39, 0.29) is 0 Å². The summed E-state index contributed by atoms with van der Waals surface area (Å²) in [5.74, 6) is 2.34. The molecule has 3 nitrogen and oxygen atoms in total. The molecule has 2 rings (SSSR count). The average Bonchev–Trinajstić information content (AvgIpc) is 2.76. The smallest absolute Gasteiger partial charge is 0.111 e. The third-order valence-corrected chi connectivity index (χ3v) is 3.79. The molecule has 0 bridgehead atoms. The summed E-state index contributed by atoms with van der Waals surface area (Å²) in [6, 6.07) is 6.37. The molecule has 4 heteroatoms. The van der Waals surface area contributed by atoms with Crippen molar-refractivity contribution in [2.75, 3.05) is 19.1 Å². The van der Waals surface area contributed by atoms with Crippen LogP contribution in [0.15, 0.2) is 18.2 Å². The van der Waals surface area contributed by atoms with E-state index in [0.29, 0.717) is 11.8 Å². The molecule has 116 valence electrons. The van der Waals surface area contributed by atoms with Crippen molar-refractivity contribution in [1.82, 2.24) is 9.55 Å². The number of ether oxygens (including phenoxy) is 1. The van der Waals surface area contributed by atoms with Gasteiger partial charge < -0.3 is 9.30 Å². The summed E-state index contributed by atoms with van der Waals surface area (Å²) in [4.78, 5) is 4.69. The summed E-state index contributed by atoms with van der Waals surface area (Å²) in [5, 5.41) is 0. The van der Waals surface area contributed by atoms with Crippen molar-refractivity contribution in [3.8, 4) is 0 Å². The Hall–Kier alpha value is -1.06. The van der Waals surface area contributed by atoms with Crippen molar-refractivity contribution in [2.45, 2.75) is 40.2 Å². The molecule has 0 fully saturated rings. The first-order valence-electron chi connectivity index (χ1n) is 7.71. The van der Waals surface area contributed by atoms with Crippen LogP contribution in [0.3, 0.4) is 0 Å². The highest BCUT2D eigenvalue weighted by molar-refractivity contribution is 6.17. The maximum atomic E-state index is 5.90. The van der Waals surface area contributed by atoms with Crippen LogP contribution in [0.5, 0.6) is 0 Å². The van der Waals surface area contributed by atoms with Gasteiger partial charge >= 0.3 is 0 Å². The zero-order chi connectivity index (χ0) is 15.2. The minimum Gasteiger partial charge on any atom is -0.380 e. The number of aromatic nitrogens is 2. The van der Waals surface area contributed by atoms with Gasteiger partial charge in [-0.3, -0.25) is 0 Å². The first kappa shape index (κ1) is 16.3. The Morgan fingerprint density at radius 3 is 2.81 bits per heavy atom. The second-order valence-electron chi connectivity index (χ2n) is 5.91. The van der Waals surface area contributed by atoms with Gasteiger partial charge in [0.05, 0.1) is 17.6 Å². The van der Waals surface area contributed by atoms with E-state index >= 15 is 0 Å². The van der Waals surface area contributed by atoms with Crippen molar-refractivity contribution in [3.05, 3.63) is 29.6 Å². The fourth-order valence-corrected chi connectivity index (χ4v) is 2.55. The third kappa shape index (κ3) is 4.45. The van der Waals surface area contributed by atoms with Crippen LogP contribution in [0, 0.1) is 12.8 Å². The molecular formula is C17H25ClN2O. The number of rotatable bonds is 8. The first-order chi connectivity index (χ1) is 10.1. The van der Waals surface area contributed by atoms with Crippen molar-refractivity contribution in [3.63, 3.8) is 0 Å². The zero-order valence-corrected chi connectivity index (χ0v) is 14.0. The molecule has 2 aromatic rings. The third-order valence-electron chi connectivity index (χ3n) is 3.60. The van der Waals surface area contributed by atoms with Crippen LogP contribution in [-0.2, 0) is 17.7 Å². The summed E-state index contributed by atoms with van der Waals surface area (Å²) < 4.78 is 8.00. The summed E-state index contributed by atoms with van der Waals surface area (Å²) in [6.45, 7) is 8.93. The Morgan fingerprint density at radius 2 is 2.10 bits per heavy atom. The van der Waals surface area contributed by atoms with Crippen LogP contribution in [-0.4, -0.2) is 28.6 Å². The second kappa shape index (κ2) is 7.81. The van der Waals surface area contributed by atoms with Gasteiger partial charge in [-0.25, -0.2) is 4.98 Å². The Bertz CT molecular complexity index is 577. The van der Waals surface area contributed by atoms with Gasteiger partial charge in [0.2, 0.25) is 0 Å². The second-order valence-corrected chi connectivity index (χ2v) is 6.28. The molecule has 0 atom stereocenters. The number of benzene rings is 1. The van der Waals surface area contributed by atoms with Crippen LogP contribution < -0.4 is 0 Å². The largest absolute Gasteiger partial charge is 0.380 e. The first-order valence-corrected chi connectivity index (χ1v) is 8.24. The fourth-order valence-electron chi connectivity index (χ4n) is 2.38. The van der Waals surface area contributed by atoms with Crippen molar-refractivity contribution in [2.24, 2.45) is 5.92 Å². The molecule has 1 aromatic carbocycles. The summed E-state index contributed by atoms with van der Waals surface area (Å²) in [6.07, 6.45) is 1.90. The topological polar surface area (TPSA) is 27.1 Å². The highest BCUT2D eigenvalue weighted by atomic mass is 35.5. The molecule has 1 heterocycles. The van der Waals surface area contributed by atoms with Gasteiger partial charge in [-0.1, -0.05) is 19.9 Å². The van der Waals surface area contributed by atoms with E-state index in [4.69, 9.17) is 21.3 Å². The SMILES string of the molecule is Cc1ccc2nc(CCCl)n(CCOCCC(C)C)c2c1. The number of hydrogen-bond donors (Lipinski definition) is 0. The lowest BCUT2D eigenvalue weighted by molar-refractivity contribution is 0.116. The number of alkyl halides is 1. The van der Waals surface area contributed by atoms with E-state index < -0.39 is 0 Å². The summed E-state index contributed by atoms with van der Waals surface area (Å²) in [5.41, 5.74) is 3.48. The number of aryl methyl sites for hydroxylation is 2. The standard InChI is InChI=1S/C17H25ClN2O/c1-13(2)7-10-21-11-9-20-16-12-14(3)4-5-15(16)19-17(20)6-8-18/h4-5,12-13H,6-11H2,1-3H3. The Kier molecular flexibility index (Phi) is 6.07. The molecule has 0 aliphatic rings. The predicted molar refractivity (Wildman–Crippen MR) is 89.2 cm³/mol. The molecule has 0 saturated carbocycles. The van der Waals surface area contributed by atoms with E-state index in [1.165, 1.54) is 11.1 Å². The molecule has 0 aliphatic heterocycles. The maximum absolute atomic E-state index is 5.90. The van der Waals surface area contributed by atoms with Crippen LogP contribution in [0.25, 0.3) is 11.0 Å². The van der Waals surface area contributed by atoms with Crippen LogP contribution in [0.4, 0.5) is 0 Å². The fraction of sp³-hybridized carbons (Fsp3) is 0.588. The van der Waals surface area contributed by atoms with Crippen molar-refractivity contribution >= 4 is 22.6 Å². The van der Waals surface area contributed by atoms with Crippen LogP contribution in [0.1, 0.15) is 31.7 Å². The molecule has 1 aromatic heterocycles.